The van der Waals surface area contributed by atoms with Crippen molar-refractivity contribution in [1.29, 1.82) is 0 Å². The van der Waals surface area contributed by atoms with Gasteiger partial charge in [0.1, 0.15) is 6.61 Å². The van der Waals surface area contributed by atoms with E-state index in [1.807, 2.05) is 6.92 Å². The highest BCUT2D eigenvalue weighted by molar-refractivity contribution is 5.93. The van der Waals surface area contributed by atoms with E-state index in [1.165, 1.54) is 0 Å². The van der Waals surface area contributed by atoms with Crippen LogP contribution in [-0.2, 0) is 11.3 Å². The van der Waals surface area contributed by atoms with Crippen molar-refractivity contribution in [3.63, 3.8) is 0 Å². The molecular weight excluding hydrogens is 268 g/mol. The lowest BCUT2D eigenvalue weighted by atomic mass is 10.1. The predicted octanol–water partition coefficient (Wildman–Crippen LogP) is 2.03. The number of hydrogen-bond donors (Lipinski definition) is 2. The number of rotatable bonds is 4. The zero-order valence-corrected chi connectivity index (χ0v) is 11.6. The van der Waals surface area contributed by atoms with Crippen LogP contribution >= 0.6 is 0 Å². The molecule has 0 fully saturated rings. The Balaban J connectivity index is 2.09. The van der Waals surface area contributed by atoms with Crippen LogP contribution in [0, 0.1) is 6.92 Å². The summed E-state index contributed by atoms with van der Waals surface area (Å²) >= 11 is 0. The standard InChI is InChI=1S/C16H16N2O3/c1-10-5-6-13(17)8-14(10)16(20)21-9-11-3-2-4-12(7-11)15(18)19/h2-8H,9,17H2,1H3,(H2,18,19). The number of carbonyl (C=O) groups is 2. The smallest absolute Gasteiger partial charge is 0.338 e. The van der Waals surface area contributed by atoms with Crippen LogP contribution in [0.1, 0.15) is 31.8 Å². The number of ether oxygens (including phenoxy) is 1. The van der Waals surface area contributed by atoms with Crippen LogP contribution in [-0.4, -0.2) is 11.9 Å². The second kappa shape index (κ2) is 6.09. The molecule has 5 nitrogen and oxygen atoms in total. The van der Waals surface area contributed by atoms with Crippen molar-refractivity contribution in [1.82, 2.24) is 0 Å². The summed E-state index contributed by atoms with van der Waals surface area (Å²) in [5.74, 6) is -0.973. The number of aryl methyl sites for hydroxylation is 1. The molecule has 0 radical (unpaired) electrons. The lowest BCUT2D eigenvalue weighted by Gasteiger charge is -2.08. The normalized spacial score (nSPS) is 10.1. The number of nitrogens with two attached hydrogens (primary N) is 2. The molecule has 2 aromatic carbocycles. The summed E-state index contributed by atoms with van der Waals surface area (Å²) in [7, 11) is 0. The van der Waals surface area contributed by atoms with Crippen molar-refractivity contribution in [3.05, 3.63) is 64.7 Å². The van der Waals surface area contributed by atoms with Gasteiger partial charge in [-0.1, -0.05) is 18.2 Å². The highest BCUT2D eigenvalue weighted by Gasteiger charge is 2.11. The molecule has 0 aromatic heterocycles. The lowest BCUT2D eigenvalue weighted by molar-refractivity contribution is 0.0472. The van der Waals surface area contributed by atoms with Gasteiger partial charge < -0.3 is 16.2 Å². The number of nitrogen functional groups attached to an aromatic ring is 1. The number of amides is 1. The van der Waals surface area contributed by atoms with Crippen molar-refractivity contribution < 1.29 is 14.3 Å². The number of esters is 1. The molecule has 0 saturated carbocycles. The molecule has 108 valence electrons. The molecule has 0 heterocycles. The quantitative estimate of drug-likeness (QED) is 0.663. The number of primary amides is 1. The predicted molar refractivity (Wildman–Crippen MR) is 79.7 cm³/mol. The number of anilines is 1. The van der Waals surface area contributed by atoms with Crippen LogP contribution in [0.15, 0.2) is 42.5 Å². The first kappa shape index (κ1) is 14.6. The van der Waals surface area contributed by atoms with Crippen molar-refractivity contribution in [2.45, 2.75) is 13.5 Å². The molecule has 0 atom stereocenters. The van der Waals surface area contributed by atoms with E-state index in [-0.39, 0.29) is 6.61 Å². The molecule has 2 aromatic rings. The number of hydrogen-bond acceptors (Lipinski definition) is 4. The van der Waals surface area contributed by atoms with Gasteiger partial charge in [-0.2, -0.15) is 0 Å². The molecule has 0 spiro atoms. The van der Waals surface area contributed by atoms with Gasteiger partial charge in [0.2, 0.25) is 5.91 Å². The molecule has 0 saturated heterocycles. The van der Waals surface area contributed by atoms with E-state index in [4.69, 9.17) is 16.2 Å². The third-order valence-electron chi connectivity index (χ3n) is 3.06. The van der Waals surface area contributed by atoms with Crippen LogP contribution in [0.4, 0.5) is 5.69 Å². The zero-order valence-electron chi connectivity index (χ0n) is 11.6. The Labute approximate surface area is 122 Å². The van der Waals surface area contributed by atoms with Gasteiger partial charge in [-0.3, -0.25) is 4.79 Å². The summed E-state index contributed by atoms with van der Waals surface area (Å²) in [6.45, 7) is 1.87. The molecule has 0 aliphatic rings. The third-order valence-corrected chi connectivity index (χ3v) is 3.06. The summed E-state index contributed by atoms with van der Waals surface area (Å²) in [6, 6.07) is 11.7. The minimum absolute atomic E-state index is 0.0637. The first-order valence-corrected chi connectivity index (χ1v) is 6.39. The zero-order chi connectivity index (χ0) is 15.4. The molecule has 0 aliphatic carbocycles. The molecule has 0 unspecified atom stereocenters. The van der Waals surface area contributed by atoms with Gasteiger partial charge in [0.15, 0.2) is 0 Å². The highest BCUT2D eigenvalue weighted by Crippen LogP contribution is 2.15. The minimum atomic E-state index is -0.519. The van der Waals surface area contributed by atoms with Gasteiger partial charge in [0.05, 0.1) is 5.56 Å². The fourth-order valence-corrected chi connectivity index (χ4v) is 1.90. The van der Waals surface area contributed by atoms with E-state index in [0.717, 1.165) is 5.56 Å². The van der Waals surface area contributed by atoms with Crippen LogP contribution in [0.5, 0.6) is 0 Å². The van der Waals surface area contributed by atoms with E-state index in [0.29, 0.717) is 22.4 Å². The van der Waals surface area contributed by atoms with Gasteiger partial charge in [-0.05, 0) is 42.3 Å². The largest absolute Gasteiger partial charge is 0.457 e. The molecule has 21 heavy (non-hydrogen) atoms. The summed E-state index contributed by atoms with van der Waals surface area (Å²) in [4.78, 5) is 23.1. The number of benzene rings is 2. The number of carbonyl (C=O) groups excluding carboxylic acids is 2. The molecule has 5 heteroatoms. The van der Waals surface area contributed by atoms with Crippen molar-refractivity contribution >= 4 is 17.6 Å². The minimum Gasteiger partial charge on any atom is -0.457 e. The second-order valence-corrected chi connectivity index (χ2v) is 4.72. The van der Waals surface area contributed by atoms with E-state index < -0.39 is 11.9 Å². The average Bonchev–Trinajstić information content (AvgIpc) is 2.47. The van der Waals surface area contributed by atoms with Crippen LogP contribution in [0.25, 0.3) is 0 Å². The fourth-order valence-electron chi connectivity index (χ4n) is 1.90. The molecule has 2 rings (SSSR count). The Bertz CT molecular complexity index is 696. The second-order valence-electron chi connectivity index (χ2n) is 4.72. The average molecular weight is 284 g/mol. The van der Waals surface area contributed by atoms with E-state index >= 15 is 0 Å². The Morgan fingerprint density at radius 1 is 1.14 bits per heavy atom. The first-order valence-electron chi connectivity index (χ1n) is 6.39. The summed E-state index contributed by atoms with van der Waals surface area (Å²) in [5.41, 5.74) is 13.7. The maximum Gasteiger partial charge on any atom is 0.338 e. The van der Waals surface area contributed by atoms with E-state index in [2.05, 4.69) is 0 Å². The molecule has 4 N–H and O–H groups in total. The van der Waals surface area contributed by atoms with Gasteiger partial charge >= 0.3 is 5.97 Å². The topological polar surface area (TPSA) is 95.4 Å². The lowest BCUT2D eigenvalue weighted by Crippen LogP contribution is -2.12. The third kappa shape index (κ3) is 3.60. The maximum atomic E-state index is 12.0. The summed E-state index contributed by atoms with van der Waals surface area (Å²) < 4.78 is 5.24. The summed E-state index contributed by atoms with van der Waals surface area (Å²) in [6.07, 6.45) is 0. The SMILES string of the molecule is Cc1ccc(N)cc1C(=O)OCc1cccc(C(N)=O)c1. The van der Waals surface area contributed by atoms with Crippen molar-refractivity contribution in [3.8, 4) is 0 Å². The molecular formula is C16H16N2O3. The Morgan fingerprint density at radius 2 is 1.90 bits per heavy atom. The summed E-state index contributed by atoms with van der Waals surface area (Å²) in [5, 5.41) is 0. The van der Waals surface area contributed by atoms with Crippen LogP contribution in [0.2, 0.25) is 0 Å². The van der Waals surface area contributed by atoms with E-state index in [9.17, 15) is 9.59 Å². The Kier molecular flexibility index (Phi) is 4.23. The van der Waals surface area contributed by atoms with Gasteiger partial charge in [-0.15, -0.1) is 0 Å². The Hall–Kier alpha value is -2.82. The van der Waals surface area contributed by atoms with Gasteiger partial charge in [0, 0.05) is 11.3 Å². The molecule has 1 amide bonds. The maximum absolute atomic E-state index is 12.0. The van der Waals surface area contributed by atoms with E-state index in [1.54, 1.807) is 42.5 Å². The molecule has 0 bridgehead atoms. The van der Waals surface area contributed by atoms with Crippen molar-refractivity contribution in [2.24, 2.45) is 5.73 Å². The monoisotopic (exact) mass is 284 g/mol. The van der Waals surface area contributed by atoms with Gasteiger partial charge in [-0.25, -0.2) is 4.79 Å². The van der Waals surface area contributed by atoms with Crippen molar-refractivity contribution in [2.75, 3.05) is 5.73 Å². The molecule has 0 aliphatic heterocycles. The first-order chi connectivity index (χ1) is 9.97. The fraction of sp³-hybridized carbons (Fsp3) is 0.125. The Morgan fingerprint density at radius 3 is 2.62 bits per heavy atom. The van der Waals surface area contributed by atoms with Gasteiger partial charge in [0.25, 0.3) is 0 Å². The van der Waals surface area contributed by atoms with Crippen LogP contribution in [0.3, 0.4) is 0 Å². The highest BCUT2D eigenvalue weighted by atomic mass is 16.5. The van der Waals surface area contributed by atoms with Crippen LogP contribution < -0.4 is 11.5 Å².